The lowest BCUT2D eigenvalue weighted by atomic mass is 9.74. The van der Waals surface area contributed by atoms with Gasteiger partial charge in [0.25, 0.3) is 0 Å². The summed E-state index contributed by atoms with van der Waals surface area (Å²) in [5.41, 5.74) is 5.82. The van der Waals surface area contributed by atoms with Crippen molar-refractivity contribution in [3.8, 4) is 0 Å². The second-order valence-corrected chi connectivity index (χ2v) is 6.84. The summed E-state index contributed by atoms with van der Waals surface area (Å²) in [7, 11) is 0. The van der Waals surface area contributed by atoms with Crippen molar-refractivity contribution < 1.29 is 0 Å². The normalized spacial score (nSPS) is 19.2. The Labute approximate surface area is 139 Å². The summed E-state index contributed by atoms with van der Waals surface area (Å²) >= 11 is 0. The van der Waals surface area contributed by atoms with Crippen molar-refractivity contribution in [3.05, 3.63) is 70.8 Å². The molecule has 0 unspecified atom stereocenters. The van der Waals surface area contributed by atoms with Crippen LogP contribution in [0.2, 0.25) is 0 Å². The van der Waals surface area contributed by atoms with Gasteiger partial charge in [0.2, 0.25) is 0 Å². The molecule has 118 valence electrons. The molecule has 1 nitrogen and oxygen atoms in total. The van der Waals surface area contributed by atoms with Gasteiger partial charge in [-0.1, -0.05) is 67.6 Å². The molecule has 1 aliphatic carbocycles. The third-order valence-electron chi connectivity index (χ3n) is 5.66. The molecule has 1 fully saturated rings. The standard InChI is InChI=1S/C22H25N/c1-2-23-15-13-19(14-16-23)22-20-9-5-3-7-17(20)11-12-18-8-4-6-10-21(18)22/h3-12,19,22H,2,13-16H2,1H3. The Morgan fingerprint density at radius 1 is 0.826 bits per heavy atom. The summed E-state index contributed by atoms with van der Waals surface area (Å²) in [4.78, 5) is 2.59. The monoisotopic (exact) mass is 303 g/mol. The molecule has 0 atom stereocenters. The number of piperidine rings is 1. The predicted octanol–water partition coefficient (Wildman–Crippen LogP) is 5.03. The lowest BCUT2D eigenvalue weighted by Gasteiger charge is -2.36. The molecule has 1 heteroatoms. The van der Waals surface area contributed by atoms with Crippen molar-refractivity contribution >= 4 is 12.2 Å². The Bertz CT molecular complexity index is 658. The molecule has 0 spiro atoms. The van der Waals surface area contributed by atoms with Gasteiger partial charge in [-0.15, -0.1) is 0 Å². The van der Waals surface area contributed by atoms with Gasteiger partial charge in [0.15, 0.2) is 0 Å². The Hall–Kier alpha value is -1.86. The molecule has 2 aliphatic rings. The number of likely N-dealkylation sites (tertiary alicyclic amines) is 1. The summed E-state index contributed by atoms with van der Waals surface area (Å²) < 4.78 is 0. The molecular weight excluding hydrogens is 278 g/mol. The molecule has 1 heterocycles. The lowest BCUT2D eigenvalue weighted by Crippen LogP contribution is -2.35. The van der Waals surface area contributed by atoms with Crippen molar-refractivity contribution in [2.75, 3.05) is 19.6 Å². The van der Waals surface area contributed by atoms with Crippen molar-refractivity contribution in [1.82, 2.24) is 4.90 Å². The molecule has 4 rings (SSSR count). The van der Waals surface area contributed by atoms with Gasteiger partial charge < -0.3 is 4.90 Å². The van der Waals surface area contributed by atoms with Crippen LogP contribution in [0.5, 0.6) is 0 Å². The Balaban J connectivity index is 1.77. The van der Waals surface area contributed by atoms with Crippen LogP contribution in [0, 0.1) is 5.92 Å². The molecule has 0 N–H and O–H groups in total. The zero-order valence-electron chi connectivity index (χ0n) is 13.9. The van der Waals surface area contributed by atoms with Crippen molar-refractivity contribution in [3.63, 3.8) is 0 Å². The Morgan fingerprint density at radius 2 is 1.35 bits per heavy atom. The fraction of sp³-hybridized carbons (Fsp3) is 0.364. The molecule has 0 radical (unpaired) electrons. The summed E-state index contributed by atoms with van der Waals surface area (Å²) in [5.74, 6) is 1.29. The van der Waals surface area contributed by atoms with E-state index in [0.717, 1.165) is 5.92 Å². The van der Waals surface area contributed by atoms with E-state index >= 15 is 0 Å². The first-order valence-corrected chi connectivity index (χ1v) is 8.95. The predicted molar refractivity (Wildman–Crippen MR) is 98.5 cm³/mol. The molecule has 0 saturated carbocycles. The Kier molecular flexibility index (Phi) is 4.05. The van der Waals surface area contributed by atoms with Crippen molar-refractivity contribution in [2.24, 2.45) is 5.92 Å². The molecule has 2 aromatic carbocycles. The third-order valence-corrected chi connectivity index (χ3v) is 5.66. The average molecular weight is 303 g/mol. The average Bonchev–Trinajstić information content (AvgIpc) is 2.79. The van der Waals surface area contributed by atoms with Gasteiger partial charge in [0, 0.05) is 5.92 Å². The van der Waals surface area contributed by atoms with E-state index in [2.05, 4.69) is 72.5 Å². The van der Waals surface area contributed by atoms with E-state index in [1.54, 1.807) is 0 Å². The van der Waals surface area contributed by atoms with E-state index in [4.69, 9.17) is 0 Å². The minimum atomic E-state index is 0.538. The second-order valence-electron chi connectivity index (χ2n) is 6.84. The fourth-order valence-corrected chi connectivity index (χ4v) is 4.35. The summed E-state index contributed by atoms with van der Waals surface area (Å²) in [6.45, 7) is 5.96. The number of rotatable bonds is 2. The van der Waals surface area contributed by atoms with Crippen LogP contribution in [0.4, 0.5) is 0 Å². The van der Waals surface area contributed by atoms with Crippen LogP contribution in [0.3, 0.4) is 0 Å². The first-order valence-electron chi connectivity index (χ1n) is 8.95. The summed E-state index contributed by atoms with van der Waals surface area (Å²) in [5, 5.41) is 0. The highest BCUT2D eigenvalue weighted by atomic mass is 15.1. The summed E-state index contributed by atoms with van der Waals surface area (Å²) in [6, 6.07) is 18.0. The maximum absolute atomic E-state index is 2.59. The smallest absolute Gasteiger partial charge is 0.0130 e. The molecule has 0 bridgehead atoms. The number of fused-ring (bicyclic) bond motifs is 2. The molecule has 1 aliphatic heterocycles. The van der Waals surface area contributed by atoms with Crippen molar-refractivity contribution in [2.45, 2.75) is 25.7 Å². The van der Waals surface area contributed by atoms with Gasteiger partial charge in [0.1, 0.15) is 0 Å². The van der Waals surface area contributed by atoms with Gasteiger partial charge in [-0.2, -0.15) is 0 Å². The van der Waals surface area contributed by atoms with Gasteiger partial charge in [-0.3, -0.25) is 0 Å². The van der Waals surface area contributed by atoms with E-state index in [1.165, 1.54) is 54.7 Å². The van der Waals surface area contributed by atoms with E-state index < -0.39 is 0 Å². The number of benzene rings is 2. The van der Waals surface area contributed by atoms with Crippen LogP contribution in [0.1, 0.15) is 47.9 Å². The lowest BCUT2D eigenvalue weighted by molar-refractivity contribution is 0.182. The molecule has 0 aromatic heterocycles. The maximum atomic E-state index is 2.59. The minimum absolute atomic E-state index is 0.538. The highest BCUT2D eigenvalue weighted by Crippen LogP contribution is 2.42. The quantitative estimate of drug-likeness (QED) is 0.751. The van der Waals surface area contributed by atoms with Crippen LogP contribution in [0.15, 0.2) is 48.5 Å². The zero-order valence-corrected chi connectivity index (χ0v) is 13.9. The zero-order chi connectivity index (χ0) is 15.6. The van der Waals surface area contributed by atoms with E-state index in [0.29, 0.717) is 5.92 Å². The topological polar surface area (TPSA) is 3.24 Å². The first-order chi connectivity index (χ1) is 11.4. The number of nitrogens with zero attached hydrogens (tertiary/aromatic N) is 1. The Morgan fingerprint density at radius 3 is 1.87 bits per heavy atom. The number of hydrogen-bond acceptors (Lipinski definition) is 1. The van der Waals surface area contributed by atoms with Gasteiger partial charge in [0.05, 0.1) is 0 Å². The van der Waals surface area contributed by atoms with Crippen molar-refractivity contribution in [1.29, 1.82) is 0 Å². The summed E-state index contributed by atoms with van der Waals surface area (Å²) in [6.07, 6.45) is 7.22. The highest BCUT2D eigenvalue weighted by Gasteiger charge is 2.31. The molecule has 2 aromatic rings. The van der Waals surface area contributed by atoms with Crippen LogP contribution >= 0.6 is 0 Å². The van der Waals surface area contributed by atoms with Crippen LogP contribution in [-0.4, -0.2) is 24.5 Å². The van der Waals surface area contributed by atoms with E-state index in [9.17, 15) is 0 Å². The van der Waals surface area contributed by atoms with Gasteiger partial charge >= 0.3 is 0 Å². The maximum Gasteiger partial charge on any atom is 0.0130 e. The highest BCUT2D eigenvalue weighted by molar-refractivity contribution is 5.76. The molecular formula is C22H25N. The third kappa shape index (κ3) is 2.74. The fourth-order valence-electron chi connectivity index (χ4n) is 4.35. The van der Waals surface area contributed by atoms with Crippen LogP contribution < -0.4 is 0 Å². The largest absolute Gasteiger partial charge is 0.304 e. The first kappa shape index (κ1) is 14.7. The van der Waals surface area contributed by atoms with Gasteiger partial charge in [-0.05, 0) is 60.6 Å². The van der Waals surface area contributed by atoms with E-state index in [1.807, 2.05) is 0 Å². The van der Waals surface area contributed by atoms with Crippen LogP contribution in [-0.2, 0) is 0 Å². The SMILES string of the molecule is CCN1CCC(C2c3ccccc3C=Cc3ccccc32)CC1. The second kappa shape index (κ2) is 6.33. The molecule has 23 heavy (non-hydrogen) atoms. The molecule has 1 saturated heterocycles. The number of hydrogen-bond donors (Lipinski definition) is 0. The van der Waals surface area contributed by atoms with E-state index in [-0.39, 0.29) is 0 Å². The minimum Gasteiger partial charge on any atom is -0.304 e. The van der Waals surface area contributed by atoms with Crippen LogP contribution in [0.25, 0.3) is 12.2 Å². The van der Waals surface area contributed by atoms with Gasteiger partial charge in [-0.25, -0.2) is 0 Å². The molecule has 0 amide bonds.